The van der Waals surface area contributed by atoms with Crippen LogP contribution in [0.25, 0.3) is 11.1 Å². The summed E-state index contributed by atoms with van der Waals surface area (Å²) in [5.41, 5.74) is 3.13. The highest BCUT2D eigenvalue weighted by atomic mass is 16.5. The zero-order valence-electron chi connectivity index (χ0n) is 16.8. The van der Waals surface area contributed by atoms with Gasteiger partial charge in [-0.1, -0.05) is 24.3 Å². The summed E-state index contributed by atoms with van der Waals surface area (Å²) in [5.74, 6) is 2.69. The number of carbonyl (C=O) groups excluding carboxylic acids is 2. The van der Waals surface area contributed by atoms with E-state index in [9.17, 15) is 9.59 Å². The van der Waals surface area contributed by atoms with Gasteiger partial charge in [0.25, 0.3) is 0 Å². The van der Waals surface area contributed by atoms with Crippen molar-refractivity contribution in [3.05, 3.63) is 97.1 Å². The Morgan fingerprint density at radius 3 is 1.00 bits per heavy atom. The number of hydrogen-bond donors (Lipinski definition) is 0. The molecule has 0 unspecified atom stereocenters. The maximum atomic E-state index is 10.3. The molecule has 4 aromatic carbocycles. The van der Waals surface area contributed by atoms with E-state index in [0.29, 0.717) is 34.4 Å². The summed E-state index contributed by atoms with van der Waals surface area (Å²) in [5, 5.41) is 0. The van der Waals surface area contributed by atoms with Crippen molar-refractivity contribution in [2.45, 2.75) is 0 Å². The zero-order valence-corrected chi connectivity index (χ0v) is 16.8. The third kappa shape index (κ3) is 5.23. The van der Waals surface area contributed by atoms with E-state index in [2.05, 4.69) is 9.98 Å². The van der Waals surface area contributed by atoms with Gasteiger partial charge >= 0.3 is 0 Å². The molecule has 0 aliphatic carbocycles. The number of benzene rings is 4. The molecule has 0 bridgehead atoms. The summed E-state index contributed by atoms with van der Waals surface area (Å²) in [6, 6.07) is 29.2. The summed E-state index contributed by atoms with van der Waals surface area (Å²) in [4.78, 5) is 27.7. The van der Waals surface area contributed by atoms with E-state index in [1.807, 2.05) is 48.5 Å². The van der Waals surface area contributed by atoms with Crippen molar-refractivity contribution >= 4 is 23.5 Å². The van der Waals surface area contributed by atoms with Gasteiger partial charge in [0.1, 0.15) is 23.0 Å². The van der Waals surface area contributed by atoms with Crippen molar-refractivity contribution in [3.8, 4) is 34.1 Å². The Kier molecular flexibility index (Phi) is 6.30. The Morgan fingerprint density at radius 1 is 0.438 bits per heavy atom. The van der Waals surface area contributed by atoms with Crippen molar-refractivity contribution in [3.63, 3.8) is 0 Å². The van der Waals surface area contributed by atoms with Crippen LogP contribution in [0.15, 0.2) is 107 Å². The van der Waals surface area contributed by atoms with E-state index >= 15 is 0 Å². The van der Waals surface area contributed by atoms with Gasteiger partial charge in [-0.25, -0.2) is 9.59 Å². The molecule has 6 heteroatoms. The highest BCUT2D eigenvalue weighted by Gasteiger charge is 2.03. The van der Waals surface area contributed by atoms with Gasteiger partial charge in [-0.2, -0.15) is 9.98 Å². The molecule has 0 atom stereocenters. The van der Waals surface area contributed by atoms with E-state index < -0.39 is 0 Å². The van der Waals surface area contributed by atoms with Gasteiger partial charge < -0.3 is 9.47 Å². The van der Waals surface area contributed by atoms with E-state index in [0.717, 1.165) is 11.1 Å². The predicted molar refractivity (Wildman–Crippen MR) is 120 cm³/mol. The van der Waals surface area contributed by atoms with Gasteiger partial charge in [-0.05, 0) is 83.9 Å². The SMILES string of the molecule is O=C=Nc1ccc(Oc2ccc(-c3ccc(Oc4ccc(N=C=O)cc4)cc3)cc2)cc1. The molecule has 0 amide bonds. The number of hydrogen-bond acceptors (Lipinski definition) is 6. The number of nitrogens with zero attached hydrogens (tertiary/aromatic N) is 2. The minimum Gasteiger partial charge on any atom is -0.457 e. The largest absolute Gasteiger partial charge is 0.457 e. The van der Waals surface area contributed by atoms with Crippen molar-refractivity contribution in [2.24, 2.45) is 9.98 Å². The molecule has 0 aliphatic heterocycles. The second-order valence-corrected chi connectivity index (χ2v) is 6.65. The van der Waals surface area contributed by atoms with Gasteiger partial charge in [0.15, 0.2) is 0 Å². The molecule has 0 saturated carbocycles. The van der Waals surface area contributed by atoms with Gasteiger partial charge in [0, 0.05) is 0 Å². The number of ether oxygens (including phenoxy) is 2. The molecule has 32 heavy (non-hydrogen) atoms. The van der Waals surface area contributed by atoms with Crippen LogP contribution in [0.2, 0.25) is 0 Å². The molecule has 0 radical (unpaired) electrons. The summed E-state index contributed by atoms with van der Waals surface area (Å²) in [6.45, 7) is 0. The molecule has 0 spiro atoms. The Labute approximate surface area is 184 Å². The van der Waals surface area contributed by atoms with Crippen LogP contribution in [-0.2, 0) is 9.59 Å². The monoisotopic (exact) mass is 420 g/mol. The maximum Gasteiger partial charge on any atom is 0.240 e. The minimum absolute atomic E-state index is 0.527. The smallest absolute Gasteiger partial charge is 0.240 e. The quantitative estimate of drug-likeness (QED) is 0.241. The number of aliphatic imine (C=N–C) groups is 2. The van der Waals surface area contributed by atoms with Crippen LogP contribution in [0.3, 0.4) is 0 Å². The highest BCUT2D eigenvalue weighted by Crippen LogP contribution is 2.29. The molecular weight excluding hydrogens is 404 g/mol. The van der Waals surface area contributed by atoms with Gasteiger partial charge in [0.05, 0.1) is 11.4 Å². The molecule has 0 saturated heterocycles. The summed E-state index contributed by atoms with van der Waals surface area (Å²) >= 11 is 0. The summed E-state index contributed by atoms with van der Waals surface area (Å²) in [6.07, 6.45) is 3.02. The lowest BCUT2D eigenvalue weighted by Crippen LogP contribution is -1.86. The Morgan fingerprint density at radius 2 is 0.719 bits per heavy atom. The van der Waals surface area contributed by atoms with Crippen LogP contribution in [0.4, 0.5) is 11.4 Å². The van der Waals surface area contributed by atoms with E-state index in [1.54, 1.807) is 48.5 Å². The van der Waals surface area contributed by atoms with Gasteiger partial charge in [-0.15, -0.1) is 0 Å². The molecule has 0 aliphatic rings. The van der Waals surface area contributed by atoms with E-state index in [4.69, 9.17) is 9.47 Å². The van der Waals surface area contributed by atoms with Crippen LogP contribution in [0.5, 0.6) is 23.0 Å². The molecule has 0 fully saturated rings. The number of rotatable bonds is 7. The molecule has 0 heterocycles. The van der Waals surface area contributed by atoms with Crippen molar-refractivity contribution in [2.75, 3.05) is 0 Å². The fourth-order valence-corrected chi connectivity index (χ4v) is 2.99. The first kappa shape index (κ1) is 20.5. The van der Waals surface area contributed by atoms with Crippen LogP contribution >= 0.6 is 0 Å². The van der Waals surface area contributed by atoms with Crippen LogP contribution in [0, 0.1) is 0 Å². The lowest BCUT2D eigenvalue weighted by Gasteiger charge is -2.09. The van der Waals surface area contributed by atoms with Crippen LogP contribution in [-0.4, -0.2) is 12.2 Å². The lowest BCUT2D eigenvalue weighted by atomic mass is 10.1. The molecule has 0 aromatic heterocycles. The average molecular weight is 420 g/mol. The molecule has 154 valence electrons. The predicted octanol–water partition coefficient (Wildman–Crippen LogP) is 6.87. The lowest BCUT2D eigenvalue weighted by molar-refractivity contribution is 0.482. The average Bonchev–Trinajstić information content (AvgIpc) is 2.83. The van der Waals surface area contributed by atoms with E-state index in [-0.39, 0.29) is 0 Å². The third-order valence-electron chi connectivity index (χ3n) is 4.54. The van der Waals surface area contributed by atoms with Crippen molar-refractivity contribution in [1.29, 1.82) is 0 Å². The molecular formula is C26H16N2O4. The second-order valence-electron chi connectivity index (χ2n) is 6.65. The first-order chi connectivity index (χ1) is 15.7. The molecule has 0 N–H and O–H groups in total. The topological polar surface area (TPSA) is 77.3 Å². The summed E-state index contributed by atoms with van der Waals surface area (Å²) in [7, 11) is 0. The summed E-state index contributed by atoms with van der Waals surface area (Å²) < 4.78 is 11.6. The first-order valence-electron chi connectivity index (χ1n) is 9.65. The maximum absolute atomic E-state index is 10.3. The van der Waals surface area contributed by atoms with Gasteiger partial charge in [0.2, 0.25) is 12.2 Å². The van der Waals surface area contributed by atoms with Crippen LogP contribution < -0.4 is 9.47 Å². The normalized spacial score (nSPS) is 9.88. The zero-order chi connectivity index (χ0) is 22.2. The standard InChI is InChI=1S/C26H16N2O4/c29-17-27-21-5-13-25(14-6-21)31-23-9-1-19(2-10-23)20-3-11-24(12-4-20)32-26-15-7-22(8-16-26)28-18-30/h1-16H. The van der Waals surface area contributed by atoms with Crippen molar-refractivity contribution < 1.29 is 19.1 Å². The molecule has 4 rings (SSSR count). The minimum atomic E-state index is 0.527. The second kappa shape index (κ2) is 9.83. The van der Waals surface area contributed by atoms with Crippen LogP contribution in [0.1, 0.15) is 0 Å². The molecule has 4 aromatic rings. The fraction of sp³-hybridized carbons (Fsp3) is 0. The Hall–Kier alpha value is -4.76. The van der Waals surface area contributed by atoms with E-state index in [1.165, 1.54) is 12.2 Å². The highest BCUT2D eigenvalue weighted by molar-refractivity contribution is 5.65. The third-order valence-corrected chi connectivity index (χ3v) is 4.54. The first-order valence-corrected chi connectivity index (χ1v) is 9.65. The molecule has 6 nitrogen and oxygen atoms in total. The Bertz CT molecular complexity index is 1180. The van der Waals surface area contributed by atoms with Crippen molar-refractivity contribution in [1.82, 2.24) is 0 Å². The Balaban J connectivity index is 1.40. The number of isocyanates is 2. The van der Waals surface area contributed by atoms with Gasteiger partial charge in [-0.3, -0.25) is 0 Å². The fourth-order valence-electron chi connectivity index (χ4n) is 2.99.